The highest BCUT2D eigenvalue weighted by Crippen LogP contribution is 2.34. The van der Waals surface area contributed by atoms with Gasteiger partial charge in [-0.1, -0.05) is 19.1 Å². The predicted octanol–water partition coefficient (Wildman–Crippen LogP) is 2.68. The number of carbonyl (C=O) groups is 3. The van der Waals surface area contributed by atoms with Gasteiger partial charge < -0.3 is 25.4 Å². The number of ether oxygens (including phenoxy) is 2. The maximum Gasteiger partial charge on any atom is 0.313 e. The van der Waals surface area contributed by atoms with Crippen LogP contribution in [0.3, 0.4) is 0 Å². The summed E-state index contributed by atoms with van der Waals surface area (Å²) < 4.78 is 11.4. The first-order valence-corrected chi connectivity index (χ1v) is 11.6. The van der Waals surface area contributed by atoms with Gasteiger partial charge in [0.15, 0.2) is 0 Å². The molecule has 0 spiro atoms. The van der Waals surface area contributed by atoms with Crippen LogP contribution in [0.4, 0.5) is 5.69 Å². The topological polar surface area (TPSA) is 124 Å². The van der Waals surface area contributed by atoms with Crippen LogP contribution in [0.15, 0.2) is 42.7 Å². The number of nitrogens with one attached hydrogen (secondary N) is 1. The zero-order chi connectivity index (χ0) is 24.1. The van der Waals surface area contributed by atoms with Crippen LogP contribution in [0.1, 0.15) is 54.6 Å². The first-order valence-electron chi connectivity index (χ1n) is 11.6. The number of hydrogen-bond donors (Lipinski definition) is 2. The molecule has 34 heavy (non-hydrogen) atoms. The number of anilines is 1. The summed E-state index contributed by atoms with van der Waals surface area (Å²) in [5.74, 6) is -0.990. The molecule has 2 aromatic rings. The maximum atomic E-state index is 13.1. The lowest BCUT2D eigenvalue weighted by molar-refractivity contribution is -0.146. The van der Waals surface area contributed by atoms with Crippen LogP contribution in [0, 0.1) is 5.92 Å². The van der Waals surface area contributed by atoms with Crippen LogP contribution in [-0.4, -0.2) is 53.5 Å². The van der Waals surface area contributed by atoms with E-state index in [0.29, 0.717) is 19.8 Å². The Morgan fingerprint density at radius 2 is 1.82 bits per heavy atom. The molecular formula is C25H30N4O5. The standard InChI is InChI=1S/C25H30N4O5/c1-16-2-7-22(17-3-5-20(6-4-17)34-21-8-10-33-11-9-21)29(15-16)25(32)24(31)28-19-12-18(23(26)30)13-27-14-19/h3-6,12-14,16,21-22H,2,7-11,15H2,1H3,(H2,26,30)(H,28,31)/t16-,22+/m0/s1. The monoisotopic (exact) mass is 466 g/mol. The van der Waals surface area contributed by atoms with Crippen molar-refractivity contribution in [1.29, 1.82) is 0 Å². The second kappa shape index (κ2) is 10.6. The van der Waals surface area contributed by atoms with Gasteiger partial charge in [0.1, 0.15) is 11.9 Å². The highest BCUT2D eigenvalue weighted by molar-refractivity contribution is 6.39. The number of likely N-dealkylation sites (tertiary alicyclic amines) is 1. The summed E-state index contributed by atoms with van der Waals surface area (Å²) >= 11 is 0. The van der Waals surface area contributed by atoms with E-state index in [2.05, 4.69) is 17.2 Å². The van der Waals surface area contributed by atoms with Crippen LogP contribution in [-0.2, 0) is 14.3 Å². The molecule has 1 aromatic heterocycles. The SMILES string of the molecule is C[C@H]1CC[C@H](c2ccc(OC3CCOCC3)cc2)N(C(=O)C(=O)Nc2cncc(C(N)=O)c2)C1. The van der Waals surface area contributed by atoms with E-state index in [1.165, 1.54) is 18.5 Å². The molecule has 2 atom stereocenters. The van der Waals surface area contributed by atoms with E-state index >= 15 is 0 Å². The molecule has 4 rings (SSSR count). The molecule has 2 aliphatic rings. The smallest absolute Gasteiger partial charge is 0.313 e. The van der Waals surface area contributed by atoms with Crippen molar-refractivity contribution in [2.24, 2.45) is 11.7 Å². The second-order valence-corrected chi connectivity index (χ2v) is 8.94. The Morgan fingerprint density at radius 1 is 1.09 bits per heavy atom. The maximum absolute atomic E-state index is 13.1. The molecule has 180 valence electrons. The van der Waals surface area contributed by atoms with E-state index in [-0.39, 0.29) is 29.3 Å². The Labute approximate surface area is 198 Å². The minimum absolute atomic E-state index is 0.151. The van der Waals surface area contributed by atoms with Crippen molar-refractivity contribution < 1.29 is 23.9 Å². The van der Waals surface area contributed by atoms with Gasteiger partial charge in [-0.25, -0.2) is 0 Å². The molecule has 3 N–H and O–H groups in total. The Hall–Kier alpha value is -3.46. The lowest BCUT2D eigenvalue weighted by Crippen LogP contribution is -2.46. The van der Waals surface area contributed by atoms with E-state index in [1.807, 2.05) is 24.3 Å². The van der Waals surface area contributed by atoms with Crippen molar-refractivity contribution in [2.75, 3.05) is 25.1 Å². The lowest BCUT2D eigenvalue weighted by atomic mass is 9.89. The average Bonchev–Trinajstić information content (AvgIpc) is 2.85. The van der Waals surface area contributed by atoms with Gasteiger partial charge in [-0.05, 0) is 42.5 Å². The Balaban J connectivity index is 1.45. The fourth-order valence-electron chi connectivity index (χ4n) is 4.44. The number of aromatic nitrogens is 1. The summed E-state index contributed by atoms with van der Waals surface area (Å²) in [6.07, 6.45) is 6.29. The fourth-order valence-corrected chi connectivity index (χ4v) is 4.44. The number of pyridine rings is 1. The minimum Gasteiger partial charge on any atom is -0.490 e. The number of rotatable bonds is 5. The number of carbonyl (C=O) groups excluding carboxylic acids is 3. The van der Waals surface area contributed by atoms with Crippen LogP contribution in [0.2, 0.25) is 0 Å². The predicted molar refractivity (Wildman–Crippen MR) is 125 cm³/mol. The van der Waals surface area contributed by atoms with Crippen molar-refractivity contribution in [1.82, 2.24) is 9.88 Å². The first kappa shape index (κ1) is 23.7. The van der Waals surface area contributed by atoms with Crippen LogP contribution < -0.4 is 15.8 Å². The van der Waals surface area contributed by atoms with E-state index in [4.69, 9.17) is 15.2 Å². The number of primary amides is 1. The number of amides is 3. The van der Waals surface area contributed by atoms with Crippen LogP contribution >= 0.6 is 0 Å². The molecule has 0 bridgehead atoms. The van der Waals surface area contributed by atoms with E-state index in [0.717, 1.165) is 37.0 Å². The molecule has 0 saturated carbocycles. The normalized spacial score (nSPS) is 21.0. The van der Waals surface area contributed by atoms with Crippen molar-refractivity contribution in [3.05, 3.63) is 53.9 Å². The molecule has 1 aromatic carbocycles. The molecule has 0 unspecified atom stereocenters. The number of nitrogens with two attached hydrogens (primary N) is 1. The van der Waals surface area contributed by atoms with Crippen LogP contribution in [0.5, 0.6) is 5.75 Å². The lowest BCUT2D eigenvalue weighted by Gasteiger charge is -2.38. The molecule has 3 amide bonds. The highest BCUT2D eigenvalue weighted by Gasteiger charge is 2.34. The van der Waals surface area contributed by atoms with Gasteiger partial charge in [0.05, 0.1) is 36.7 Å². The van der Waals surface area contributed by atoms with Gasteiger partial charge in [0, 0.05) is 25.6 Å². The summed E-state index contributed by atoms with van der Waals surface area (Å²) in [4.78, 5) is 42.8. The third-order valence-corrected chi connectivity index (χ3v) is 6.29. The zero-order valence-corrected chi connectivity index (χ0v) is 19.2. The number of nitrogens with zero attached hydrogens (tertiary/aromatic N) is 2. The molecule has 9 heteroatoms. The quantitative estimate of drug-likeness (QED) is 0.653. The van der Waals surface area contributed by atoms with Gasteiger partial charge in [-0.2, -0.15) is 0 Å². The minimum atomic E-state index is -0.776. The molecule has 2 saturated heterocycles. The molecule has 0 radical (unpaired) electrons. The third-order valence-electron chi connectivity index (χ3n) is 6.29. The third kappa shape index (κ3) is 5.72. The molecular weight excluding hydrogens is 436 g/mol. The summed E-state index contributed by atoms with van der Waals surface area (Å²) in [5.41, 5.74) is 6.62. The van der Waals surface area contributed by atoms with E-state index in [1.54, 1.807) is 4.90 Å². The van der Waals surface area contributed by atoms with Crippen molar-refractivity contribution in [3.63, 3.8) is 0 Å². The van der Waals surface area contributed by atoms with Crippen molar-refractivity contribution in [3.8, 4) is 5.75 Å². The molecule has 2 fully saturated rings. The molecule has 3 heterocycles. The highest BCUT2D eigenvalue weighted by atomic mass is 16.5. The molecule has 0 aliphatic carbocycles. The van der Waals surface area contributed by atoms with E-state index in [9.17, 15) is 14.4 Å². The number of hydrogen-bond acceptors (Lipinski definition) is 6. The Bertz CT molecular complexity index is 1040. The van der Waals surface area contributed by atoms with Gasteiger partial charge in [0.2, 0.25) is 5.91 Å². The summed E-state index contributed by atoms with van der Waals surface area (Å²) in [6.45, 7) is 3.98. The van der Waals surface area contributed by atoms with Crippen molar-refractivity contribution in [2.45, 2.75) is 44.8 Å². The first-order chi connectivity index (χ1) is 16.4. The summed E-state index contributed by atoms with van der Waals surface area (Å²) in [5, 5.41) is 2.55. The van der Waals surface area contributed by atoms with Gasteiger partial charge in [-0.3, -0.25) is 19.4 Å². The second-order valence-electron chi connectivity index (χ2n) is 8.94. The van der Waals surface area contributed by atoms with Crippen molar-refractivity contribution >= 4 is 23.4 Å². The molecule has 9 nitrogen and oxygen atoms in total. The van der Waals surface area contributed by atoms with E-state index < -0.39 is 17.7 Å². The van der Waals surface area contributed by atoms with Gasteiger partial charge in [-0.15, -0.1) is 0 Å². The average molecular weight is 467 g/mol. The largest absolute Gasteiger partial charge is 0.490 e. The fraction of sp³-hybridized carbons (Fsp3) is 0.440. The zero-order valence-electron chi connectivity index (χ0n) is 19.2. The van der Waals surface area contributed by atoms with Crippen LogP contribution in [0.25, 0.3) is 0 Å². The summed E-state index contributed by atoms with van der Waals surface area (Å²) in [7, 11) is 0. The molecule has 2 aliphatic heterocycles. The van der Waals surface area contributed by atoms with Gasteiger partial charge >= 0.3 is 11.8 Å². The number of piperidine rings is 1. The number of benzene rings is 1. The van der Waals surface area contributed by atoms with Gasteiger partial charge in [0.25, 0.3) is 0 Å². The Kier molecular flexibility index (Phi) is 7.42. The Morgan fingerprint density at radius 3 is 2.53 bits per heavy atom. The summed E-state index contributed by atoms with van der Waals surface area (Å²) in [6, 6.07) is 8.97.